The van der Waals surface area contributed by atoms with E-state index in [1.807, 2.05) is 6.92 Å². The number of aliphatic carboxylic acids is 1. The molecule has 2 N–H and O–H groups in total. The maximum absolute atomic E-state index is 13.8. The van der Waals surface area contributed by atoms with Gasteiger partial charge in [-0.3, -0.25) is 14.4 Å². The van der Waals surface area contributed by atoms with E-state index in [1.165, 1.54) is 0 Å². The number of carbonyl (C=O) groups is 3. The summed E-state index contributed by atoms with van der Waals surface area (Å²) < 4.78 is 6.50. The fourth-order valence-corrected chi connectivity index (χ4v) is 5.98. The molecule has 0 aromatic carbocycles. The third-order valence-electron chi connectivity index (χ3n) is 7.43. The molecule has 2 bridgehead atoms. The van der Waals surface area contributed by atoms with Crippen molar-refractivity contribution in [1.82, 2.24) is 9.80 Å². The number of carboxylic acids is 1. The van der Waals surface area contributed by atoms with E-state index in [-0.39, 0.29) is 18.4 Å². The Hall–Kier alpha value is -1.93. The molecule has 2 amide bonds. The molecular formula is C23H36N2O6. The standard InChI is InChI=1S/C23H36N2O6/c1-4-7-13-24(12-5-2)20(28)18-23-11-10-22(6-3,31-23)17(21(29)30)16(23)19(27)25(18)14-8-9-15-26/h5,16-18,26H,2,4,6-15H2,1,3H3,(H,29,30)/t16-,17-,18?,22+,23?/m0/s1. The van der Waals surface area contributed by atoms with Gasteiger partial charge < -0.3 is 24.7 Å². The van der Waals surface area contributed by atoms with Gasteiger partial charge in [0, 0.05) is 26.2 Å². The lowest BCUT2D eigenvalue weighted by atomic mass is 9.65. The van der Waals surface area contributed by atoms with Gasteiger partial charge in [-0.2, -0.15) is 0 Å². The van der Waals surface area contributed by atoms with Crippen LogP contribution in [0.15, 0.2) is 12.7 Å². The van der Waals surface area contributed by atoms with Crippen LogP contribution in [0.25, 0.3) is 0 Å². The van der Waals surface area contributed by atoms with Crippen LogP contribution < -0.4 is 0 Å². The van der Waals surface area contributed by atoms with Crippen molar-refractivity contribution in [2.45, 2.75) is 76.0 Å². The second kappa shape index (κ2) is 9.28. The average molecular weight is 437 g/mol. The first-order valence-electron chi connectivity index (χ1n) is 11.6. The van der Waals surface area contributed by atoms with Crippen molar-refractivity contribution >= 4 is 17.8 Å². The maximum Gasteiger partial charge on any atom is 0.310 e. The first-order valence-corrected chi connectivity index (χ1v) is 11.6. The Kier molecular flexibility index (Phi) is 7.11. The number of ether oxygens (including phenoxy) is 1. The molecule has 2 unspecified atom stereocenters. The lowest BCUT2D eigenvalue weighted by Gasteiger charge is -2.37. The molecule has 174 valence electrons. The summed E-state index contributed by atoms with van der Waals surface area (Å²) in [6, 6.07) is -0.835. The van der Waals surface area contributed by atoms with Gasteiger partial charge in [-0.15, -0.1) is 6.58 Å². The zero-order valence-corrected chi connectivity index (χ0v) is 18.7. The Balaban J connectivity index is 2.02. The zero-order valence-electron chi connectivity index (χ0n) is 18.7. The molecule has 0 aromatic rings. The average Bonchev–Trinajstić information content (AvgIpc) is 3.35. The Morgan fingerprint density at radius 2 is 2.03 bits per heavy atom. The van der Waals surface area contributed by atoms with Gasteiger partial charge in [0.05, 0.1) is 11.5 Å². The number of likely N-dealkylation sites (tertiary alicyclic amines) is 1. The molecule has 8 heteroatoms. The summed E-state index contributed by atoms with van der Waals surface area (Å²) in [6.07, 6.45) is 6.02. The number of carboxylic acid groups (broad SMARTS) is 1. The largest absolute Gasteiger partial charge is 0.481 e. The highest BCUT2D eigenvalue weighted by molar-refractivity contribution is 5.98. The van der Waals surface area contributed by atoms with Gasteiger partial charge in [0.2, 0.25) is 11.8 Å². The Labute approximate surface area is 184 Å². The Morgan fingerprint density at radius 1 is 1.29 bits per heavy atom. The van der Waals surface area contributed by atoms with Crippen molar-refractivity contribution in [1.29, 1.82) is 0 Å². The summed E-state index contributed by atoms with van der Waals surface area (Å²) in [7, 11) is 0. The molecule has 3 aliphatic heterocycles. The minimum atomic E-state index is -1.10. The van der Waals surface area contributed by atoms with Crippen LogP contribution in [0.2, 0.25) is 0 Å². The van der Waals surface area contributed by atoms with Gasteiger partial charge in [0.1, 0.15) is 17.6 Å². The summed E-state index contributed by atoms with van der Waals surface area (Å²) in [5.41, 5.74) is -1.99. The minimum absolute atomic E-state index is 0.00149. The topological polar surface area (TPSA) is 107 Å². The predicted octanol–water partition coefficient (Wildman–Crippen LogP) is 1.81. The molecule has 0 radical (unpaired) electrons. The molecule has 3 fully saturated rings. The number of carbonyl (C=O) groups excluding carboxylic acids is 2. The number of hydrogen-bond acceptors (Lipinski definition) is 5. The van der Waals surface area contributed by atoms with Gasteiger partial charge in [-0.25, -0.2) is 0 Å². The predicted molar refractivity (Wildman–Crippen MR) is 114 cm³/mol. The van der Waals surface area contributed by atoms with E-state index in [1.54, 1.807) is 15.9 Å². The summed E-state index contributed by atoms with van der Waals surface area (Å²) in [5.74, 6) is -3.31. The first kappa shape index (κ1) is 23.7. The summed E-state index contributed by atoms with van der Waals surface area (Å²) in [4.78, 5) is 42.9. The van der Waals surface area contributed by atoms with E-state index in [0.717, 1.165) is 12.8 Å². The normalized spacial score (nSPS) is 33.6. The van der Waals surface area contributed by atoms with Gasteiger partial charge in [0.25, 0.3) is 0 Å². The van der Waals surface area contributed by atoms with Crippen LogP contribution in [0.4, 0.5) is 0 Å². The molecule has 3 aliphatic rings. The third-order valence-corrected chi connectivity index (χ3v) is 7.43. The van der Waals surface area contributed by atoms with Crippen LogP contribution in [-0.4, -0.2) is 81.3 Å². The summed E-state index contributed by atoms with van der Waals surface area (Å²) in [6.45, 7) is 8.95. The highest BCUT2D eigenvalue weighted by Gasteiger charge is 2.78. The fraction of sp³-hybridized carbons (Fsp3) is 0.783. The summed E-state index contributed by atoms with van der Waals surface area (Å²) in [5, 5.41) is 19.2. The highest BCUT2D eigenvalue weighted by Crippen LogP contribution is 2.64. The van der Waals surface area contributed by atoms with E-state index in [2.05, 4.69) is 13.5 Å². The second-order valence-corrected chi connectivity index (χ2v) is 9.06. The van der Waals surface area contributed by atoms with Crippen LogP contribution >= 0.6 is 0 Å². The molecule has 5 atom stereocenters. The number of amides is 2. The molecule has 0 aromatic heterocycles. The highest BCUT2D eigenvalue weighted by atomic mass is 16.5. The maximum atomic E-state index is 13.8. The SMILES string of the molecule is C=CCN(CCCC)C(=O)C1N(CCCCO)C(=O)[C@@H]2[C@@H](C(=O)O)[C@@]3(CC)CCC12O3. The van der Waals surface area contributed by atoms with Crippen LogP contribution in [0, 0.1) is 11.8 Å². The number of unbranched alkanes of at least 4 members (excludes halogenated alkanes) is 2. The van der Waals surface area contributed by atoms with Crippen molar-refractivity contribution in [2.24, 2.45) is 11.8 Å². The number of fused-ring (bicyclic) bond motifs is 1. The number of nitrogens with zero attached hydrogens (tertiary/aromatic N) is 2. The van der Waals surface area contributed by atoms with Gasteiger partial charge >= 0.3 is 5.97 Å². The zero-order chi connectivity index (χ0) is 22.8. The van der Waals surface area contributed by atoms with Crippen molar-refractivity contribution in [3.05, 3.63) is 12.7 Å². The number of hydrogen-bond donors (Lipinski definition) is 2. The van der Waals surface area contributed by atoms with Gasteiger partial charge in [-0.1, -0.05) is 26.3 Å². The molecule has 0 aliphatic carbocycles. The molecule has 3 saturated heterocycles. The van der Waals surface area contributed by atoms with E-state index in [4.69, 9.17) is 4.74 Å². The van der Waals surface area contributed by atoms with E-state index < -0.39 is 35.0 Å². The van der Waals surface area contributed by atoms with E-state index in [0.29, 0.717) is 51.7 Å². The number of aliphatic hydroxyl groups excluding tert-OH is 1. The van der Waals surface area contributed by atoms with Crippen molar-refractivity contribution in [3.8, 4) is 0 Å². The monoisotopic (exact) mass is 436 g/mol. The lowest BCUT2D eigenvalue weighted by Crippen LogP contribution is -2.56. The number of rotatable bonds is 12. The smallest absolute Gasteiger partial charge is 0.310 e. The number of aliphatic hydroxyl groups is 1. The minimum Gasteiger partial charge on any atom is -0.481 e. The van der Waals surface area contributed by atoms with Crippen LogP contribution in [0.5, 0.6) is 0 Å². The summed E-state index contributed by atoms with van der Waals surface area (Å²) >= 11 is 0. The molecule has 31 heavy (non-hydrogen) atoms. The fourth-order valence-electron chi connectivity index (χ4n) is 5.98. The van der Waals surface area contributed by atoms with Crippen LogP contribution in [0.3, 0.4) is 0 Å². The van der Waals surface area contributed by atoms with Crippen molar-refractivity contribution < 1.29 is 29.3 Å². The third kappa shape index (κ3) is 3.67. The van der Waals surface area contributed by atoms with Crippen molar-refractivity contribution in [2.75, 3.05) is 26.2 Å². The van der Waals surface area contributed by atoms with Crippen LogP contribution in [0.1, 0.15) is 58.8 Å². The quantitative estimate of drug-likeness (QED) is 0.357. The van der Waals surface area contributed by atoms with Crippen molar-refractivity contribution in [3.63, 3.8) is 0 Å². The van der Waals surface area contributed by atoms with Gasteiger partial charge in [0.15, 0.2) is 0 Å². The van der Waals surface area contributed by atoms with E-state index in [9.17, 15) is 24.6 Å². The Bertz CT molecular complexity index is 727. The van der Waals surface area contributed by atoms with Gasteiger partial charge in [-0.05, 0) is 38.5 Å². The molecule has 1 spiro atoms. The molecule has 3 heterocycles. The lowest BCUT2D eigenvalue weighted by molar-refractivity contribution is -0.157. The first-order chi connectivity index (χ1) is 14.8. The van der Waals surface area contributed by atoms with E-state index >= 15 is 0 Å². The second-order valence-electron chi connectivity index (χ2n) is 9.06. The molecule has 8 nitrogen and oxygen atoms in total. The molecule has 0 saturated carbocycles. The molecular weight excluding hydrogens is 400 g/mol. The Morgan fingerprint density at radius 3 is 2.61 bits per heavy atom. The van der Waals surface area contributed by atoms with Crippen LogP contribution in [-0.2, 0) is 19.1 Å². The molecule has 3 rings (SSSR count).